The largest absolute Gasteiger partial charge is 0.396 e. The van der Waals surface area contributed by atoms with Crippen LogP contribution in [0.1, 0.15) is 10.4 Å². The summed E-state index contributed by atoms with van der Waals surface area (Å²) in [7, 11) is 3.78. The third-order valence-electron chi connectivity index (χ3n) is 2.24. The van der Waals surface area contributed by atoms with Crippen LogP contribution in [-0.4, -0.2) is 43.0 Å². The molecule has 15 heavy (non-hydrogen) atoms. The summed E-state index contributed by atoms with van der Waals surface area (Å²) in [6.45, 7) is 0.468. The fraction of sp³-hybridized carbons (Fsp3) is 0.417. The van der Waals surface area contributed by atoms with Gasteiger partial charge in [0.05, 0.1) is 12.5 Å². The summed E-state index contributed by atoms with van der Waals surface area (Å²) in [6, 6.07) is 9.09. The number of Topliss-reactive ketones (excluding diaryl/α,β-unsaturated/α-hetero) is 1. The van der Waals surface area contributed by atoms with Crippen LogP contribution in [0, 0.1) is 5.92 Å². The molecule has 0 saturated carbocycles. The van der Waals surface area contributed by atoms with Crippen molar-refractivity contribution in [3.8, 4) is 0 Å². The lowest BCUT2D eigenvalue weighted by molar-refractivity contribution is 0.0826. The number of ketones is 1. The highest BCUT2D eigenvalue weighted by molar-refractivity contribution is 5.98. The smallest absolute Gasteiger partial charge is 0.169 e. The summed E-state index contributed by atoms with van der Waals surface area (Å²) in [6.07, 6.45) is 0. The summed E-state index contributed by atoms with van der Waals surface area (Å²) >= 11 is 0. The van der Waals surface area contributed by atoms with E-state index in [1.165, 1.54) is 0 Å². The highest BCUT2D eigenvalue weighted by Crippen LogP contribution is 2.09. The minimum Gasteiger partial charge on any atom is -0.396 e. The van der Waals surface area contributed by atoms with E-state index in [4.69, 9.17) is 5.11 Å². The molecule has 1 N–H and O–H groups in total. The van der Waals surface area contributed by atoms with Gasteiger partial charge in [0.15, 0.2) is 5.78 Å². The van der Waals surface area contributed by atoms with Crippen LogP contribution in [0.5, 0.6) is 0 Å². The highest BCUT2D eigenvalue weighted by Gasteiger charge is 2.19. The van der Waals surface area contributed by atoms with Crippen molar-refractivity contribution in [3.63, 3.8) is 0 Å². The number of benzene rings is 1. The lowest BCUT2D eigenvalue weighted by atomic mass is 9.98. The van der Waals surface area contributed by atoms with E-state index >= 15 is 0 Å². The molecule has 0 bridgehead atoms. The Kier molecular flexibility index (Phi) is 4.46. The Labute approximate surface area is 90.3 Å². The van der Waals surface area contributed by atoms with Gasteiger partial charge in [-0.25, -0.2) is 0 Å². The number of hydrogen-bond donors (Lipinski definition) is 1. The molecule has 1 atom stereocenters. The molecule has 0 spiro atoms. The number of carbonyl (C=O) groups excluding carboxylic acids is 1. The summed E-state index contributed by atoms with van der Waals surface area (Å²) < 4.78 is 0. The number of aliphatic hydroxyl groups excluding tert-OH is 1. The Morgan fingerprint density at radius 2 is 1.93 bits per heavy atom. The lowest BCUT2D eigenvalue weighted by Gasteiger charge is -2.17. The van der Waals surface area contributed by atoms with E-state index in [9.17, 15) is 4.79 Å². The van der Waals surface area contributed by atoms with E-state index in [-0.39, 0.29) is 18.3 Å². The zero-order valence-electron chi connectivity index (χ0n) is 9.18. The second kappa shape index (κ2) is 5.63. The standard InChI is InChI=1S/C12H17NO2/c1-13(2)8-11(9-14)12(15)10-6-4-3-5-7-10/h3-7,11,14H,8-9H2,1-2H3. The molecule has 0 aliphatic carbocycles. The first-order chi connectivity index (χ1) is 7.15. The third kappa shape index (κ3) is 3.46. The second-order valence-corrected chi connectivity index (χ2v) is 3.87. The van der Waals surface area contributed by atoms with Crippen molar-refractivity contribution < 1.29 is 9.90 Å². The van der Waals surface area contributed by atoms with Gasteiger partial charge in [-0.1, -0.05) is 30.3 Å². The van der Waals surface area contributed by atoms with E-state index in [0.29, 0.717) is 12.1 Å². The van der Waals surface area contributed by atoms with Crippen LogP contribution in [0.2, 0.25) is 0 Å². The summed E-state index contributed by atoms with van der Waals surface area (Å²) in [5.41, 5.74) is 0.665. The van der Waals surface area contributed by atoms with Crippen LogP contribution in [0.15, 0.2) is 30.3 Å². The van der Waals surface area contributed by atoms with Gasteiger partial charge in [-0.2, -0.15) is 0 Å². The highest BCUT2D eigenvalue weighted by atomic mass is 16.3. The fourth-order valence-corrected chi connectivity index (χ4v) is 1.50. The molecule has 0 aliphatic heterocycles. The molecule has 1 aromatic carbocycles. The molecule has 0 radical (unpaired) electrons. The lowest BCUT2D eigenvalue weighted by Crippen LogP contribution is -2.30. The maximum atomic E-state index is 11.9. The number of nitrogens with zero attached hydrogens (tertiary/aromatic N) is 1. The Morgan fingerprint density at radius 3 is 2.40 bits per heavy atom. The average Bonchev–Trinajstić information content (AvgIpc) is 2.26. The van der Waals surface area contributed by atoms with Crippen molar-refractivity contribution in [2.45, 2.75) is 0 Å². The molecule has 3 heteroatoms. The topological polar surface area (TPSA) is 40.5 Å². The maximum Gasteiger partial charge on any atom is 0.169 e. The van der Waals surface area contributed by atoms with Crippen molar-refractivity contribution >= 4 is 5.78 Å². The number of rotatable bonds is 5. The molecular weight excluding hydrogens is 190 g/mol. The van der Waals surface area contributed by atoms with E-state index < -0.39 is 0 Å². The van der Waals surface area contributed by atoms with Gasteiger partial charge in [0.2, 0.25) is 0 Å². The van der Waals surface area contributed by atoms with Crippen molar-refractivity contribution in [1.82, 2.24) is 4.90 Å². The molecule has 1 rings (SSSR count). The van der Waals surface area contributed by atoms with Crippen molar-refractivity contribution in [3.05, 3.63) is 35.9 Å². The minimum absolute atomic E-state index is 0.00630. The van der Waals surface area contributed by atoms with Gasteiger partial charge in [-0.05, 0) is 14.1 Å². The maximum absolute atomic E-state index is 11.9. The molecule has 1 aromatic rings. The molecule has 0 fully saturated rings. The Bertz CT molecular complexity index is 309. The predicted molar refractivity (Wildman–Crippen MR) is 59.9 cm³/mol. The summed E-state index contributed by atoms with van der Waals surface area (Å²) in [5.74, 6) is -0.325. The van der Waals surface area contributed by atoms with Crippen LogP contribution < -0.4 is 0 Å². The SMILES string of the molecule is CN(C)CC(CO)C(=O)c1ccccc1. The van der Waals surface area contributed by atoms with Gasteiger partial charge in [-0.3, -0.25) is 4.79 Å². The molecule has 3 nitrogen and oxygen atoms in total. The first-order valence-electron chi connectivity index (χ1n) is 5.00. The molecule has 82 valence electrons. The molecular formula is C12H17NO2. The molecule has 0 heterocycles. The van der Waals surface area contributed by atoms with Gasteiger partial charge in [-0.15, -0.1) is 0 Å². The van der Waals surface area contributed by atoms with Crippen LogP contribution >= 0.6 is 0 Å². The first kappa shape index (κ1) is 11.9. The second-order valence-electron chi connectivity index (χ2n) is 3.87. The predicted octanol–water partition coefficient (Wildman–Crippen LogP) is 1.04. The van der Waals surface area contributed by atoms with Crippen LogP contribution in [0.25, 0.3) is 0 Å². The molecule has 0 aliphatic rings. The number of carbonyl (C=O) groups is 1. The van der Waals surface area contributed by atoms with Gasteiger partial charge >= 0.3 is 0 Å². The summed E-state index contributed by atoms with van der Waals surface area (Å²) in [5, 5.41) is 9.16. The molecule has 0 amide bonds. The zero-order valence-corrected chi connectivity index (χ0v) is 9.18. The third-order valence-corrected chi connectivity index (χ3v) is 2.24. The van der Waals surface area contributed by atoms with E-state index in [0.717, 1.165) is 0 Å². The van der Waals surface area contributed by atoms with Gasteiger partial charge in [0.25, 0.3) is 0 Å². The van der Waals surface area contributed by atoms with E-state index in [1.807, 2.05) is 37.2 Å². The number of aliphatic hydroxyl groups is 1. The first-order valence-corrected chi connectivity index (χ1v) is 5.00. The van der Waals surface area contributed by atoms with Gasteiger partial charge in [0, 0.05) is 12.1 Å². The Morgan fingerprint density at radius 1 is 1.33 bits per heavy atom. The Hall–Kier alpha value is -1.19. The van der Waals surface area contributed by atoms with Crippen molar-refractivity contribution in [2.75, 3.05) is 27.2 Å². The fourth-order valence-electron chi connectivity index (χ4n) is 1.50. The van der Waals surface area contributed by atoms with Crippen molar-refractivity contribution in [1.29, 1.82) is 0 Å². The van der Waals surface area contributed by atoms with E-state index in [2.05, 4.69) is 0 Å². The molecule has 0 saturated heterocycles. The van der Waals surface area contributed by atoms with Crippen molar-refractivity contribution in [2.24, 2.45) is 5.92 Å². The van der Waals surface area contributed by atoms with Crippen LogP contribution in [0.3, 0.4) is 0 Å². The Balaban J connectivity index is 2.74. The summed E-state index contributed by atoms with van der Waals surface area (Å²) in [4.78, 5) is 13.8. The molecule has 0 aromatic heterocycles. The van der Waals surface area contributed by atoms with Gasteiger partial charge < -0.3 is 10.0 Å². The quantitative estimate of drug-likeness (QED) is 0.733. The molecule has 1 unspecified atom stereocenters. The normalized spacial score (nSPS) is 12.8. The monoisotopic (exact) mass is 207 g/mol. The average molecular weight is 207 g/mol. The van der Waals surface area contributed by atoms with E-state index in [1.54, 1.807) is 12.1 Å². The van der Waals surface area contributed by atoms with Crippen LogP contribution in [-0.2, 0) is 0 Å². The van der Waals surface area contributed by atoms with Crippen LogP contribution in [0.4, 0.5) is 0 Å². The van der Waals surface area contributed by atoms with Gasteiger partial charge in [0.1, 0.15) is 0 Å². The zero-order chi connectivity index (χ0) is 11.3. The number of hydrogen-bond acceptors (Lipinski definition) is 3. The minimum atomic E-state index is -0.331.